The van der Waals surface area contributed by atoms with Crippen LogP contribution in [0.4, 0.5) is 0 Å². The standard InChI is InChI=1S/C9H19O3P/c1-7-6-8(2)12-13(10,11-7)9(3,4)5/h7-8H,6H2,1-5H3. The summed E-state index contributed by atoms with van der Waals surface area (Å²) >= 11 is 0. The van der Waals surface area contributed by atoms with Gasteiger partial charge in [0, 0.05) is 6.42 Å². The maximum Gasteiger partial charge on any atom is 0.336 e. The normalized spacial score (nSPS) is 41.9. The van der Waals surface area contributed by atoms with Crippen molar-refractivity contribution in [2.75, 3.05) is 0 Å². The Kier molecular flexibility index (Phi) is 2.92. The van der Waals surface area contributed by atoms with Gasteiger partial charge in [0.05, 0.1) is 17.4 Å². The second-order valence-corrected chi connectivity index (χ2v) is 7.49. The van der Waals surface area contributed by atoms with Gasteiger partial charge >= 0.3 is 7.60 Å². The first-order valence-electron chi connectivity index (χ1n) is 4.71. The fraction of sp³-hybridized carbons (Fsp3) is 1.00. The van der Waals surface area contributed by atoms with E-state index in [1.165, 1.54) is 0 Å². The first kappa shape index (κ1) is 11.2. The van der Waals surface area contributed by atoms with Crippen molar-refractivity contribution in [1.82, 2.24) is 0 Å². The molecule has 78 valence electrons. The molecule has 1 aliphatic rings. The molecule has 1 fully saturated rings. The maximum atomic E-state index is 12.2. The van der Waals surface area contributed by atoms with Crippen LogP contribution in [0.3, 0.4) is 0 Å². The van der Waals surface area contributed by atoms with Crippen LogP contribution in [0.5, 0.6) is 0 Å². The molecule has 0 radical (unpaired) electrons. The van der Waals surface area contributed by atoms with Crippen LogP contribution >= 0.6 is 7.60 Å². The van der Waals surface area contributed by atoms with Gasteiger partial charge in [-0.2, -0.15) is 0 Å². The van der Waals surface area contributed by atoms with Crippen LogP contribution in [-0.4, -0.2) is 17.4 Å². The molecule has 4 heteroatoms. The van der Waals surface area contributed by atoms with E-state index in [2.05, 4.69) is 0 Å². The largest absolute Gasteiger partial charge is 0.336 e. The molecule has 2 atom stereocenters. The van der Waals surface area contributed by atoms with E-state index in [-0.39, 0.29) is 12.2 Å². The van der Waals surface area contributed by atoms with Gasteiger partial charge in [-0.15, -0.1) is 0 Å². The summed E-state index contributed by atoms with van der Waals surface area (Å²) in [6, 6.07) is 0. The summed E-state index contributed by atoms with van der Waals surface area (Å²) in [5.74, 6) is 0. The summed E-state index contributed by atoms with van der Waals surface area (Å²) in [7, 11) is -2.91. The van der Waals surface area contributed by atoms with Crippen LogP contribution < -0.4 is 0 Å². The van der Waals surface area contributed by atoms with Crippen molar-refractivity contribution >= 4 is 7.60 Å². The zero-order valence-corrected chi connectivity index (χ0v) is 9.93. The van der Waals surface area contributed by atoms with E-state index in [9.17, 15) is 4.57 Å². The lowest BCUT2D eigenvalue weighted by Gasteiger charge is -2.38. The second kappa shape index (κ2) is 3.38. The summed E-state index contributed by atoms with van der Waals surface area (Å²) in [5, 5.41) is -0.421. The van der Waals surface area contributed by atoms with Gasteiger partial charge in [-0.05, 0) is 34.6 Å². The van der Waals surface area contributed by atoms with Crippen LogP contribution in [0.2, 0.25) is 0 Å². The van der Waals surface area contributed by atoms with Gasteiger partial charge in [0.2, 0.25) is 0 Å². The van der Waals surface area contributed by atoms with Gasteiger partial charge in [-0.1, -0.05) is 0 Å². The van der Waals surface area contributed by atoms with Crippen LogP contribution in [0.25, 0.3) is 0 Å². The van der Waals surface area contributed by atoms with E-state index < -0.39 is 12.8 Å². The van der Waals surface area contributed by atoms with E-state index in [4.69, 9.17) is 9.05 Å². The van der Waals surface area contributed by atoms with Gasteiger partial charge in [-0.3, -0.25) is 4.57 Å². The summed E-state index contributed by atoms with van der Waals surface area (Å²) in [6.45, 7) is 9.55. The molecular weight excluding hydrogens is 187 g/mol. The molecule has 0 bridgehead atoms. The predicted octanol–water partition coefficient (Wildman–Crippen LogP) is 3.19. The minimum Gasteiger partial charge on any atom is -0.305 e. The molecule has 0 aromatic rings. The van der Waals surface area contributed by atoms with E-state index >= 15 is 0 Å². The van der Waals surface area contributed by atoms with Crippen LogP contribution in [0, 0.1) is 0 Å². The Hall–Kier alpha value is 0.150. The van der Waals surface area contributed by atoms with Gasteiger partial charge in [-0.25, -0.2) is 0 Å². The number of hydrogen-bond donors (Lipinski definition) is 0. The molecule has 3 nitrogen and oxygen atoms in total. The molecule has 0 spiro atoms. The summed E-state index contributed by atoms with van der Waals surface area (Å²) < 4.78 is 23.1. The molecule has 0 aromatic carbocycles. The molecule has 1 heterocycles. The lowest BCUT2D eigenvalue weighted by molar-refractivity contribution is 0.0404. The fourth-order valence-electron chi connectivity index (χ4n) is 1.37. The highest BCUT2D eigenvalue weighted by atomic mass is 31.2. The van der Waals surface area contributed by atoms with Gasteiger partial charge in [0.25, 0.3) is 0 Å². The smallest absolute Gasteiger partial charge is 0.305 e. The lowest BCUT2D eigenvalue weighted by Crippen LogP contribution is -2.31. The number of rotatable bonds is 0. The van der Waals surface area contributed by atoms with Crippen LogP contribution in [-0.2, 0) is 13.6 Å². The van der Waals surface area contributed by atoms with E-state index in [0.717, 1.165) is 6.42 Å². The third-order valence-corrected chi connectivity index (χ3v) is 5.04. The Balaban J connectivity index is 2.85. The average molecular weight is 206 g/mol. The van der Waals surface area contributed by atoms with Crippen LogP contribution in [0.1, 0.15) is 41.0 Å². The Labute approximate surface area is 80.3 Å². The second-order valence-electron chi connectivity index (χ2n) is 4.74. The van der Waals surface area contributed by atoms with E-state index in [1.807, 2.05) is 34.6 Å². The molecule has 0 N–H and O–H groups in total. The summed E-state index contributed by atoms with van der Waals surface area (Å²) in [4.78, 5) is 0. The Morgan fingerprint density at radius 2 is 1.54 bits per heavy atom. The van der Waals surface area contributed by atoms with E-state index in [0.29, 0.717) is 0 Å². The van der Waals surface area contributed by atoms with Crippen molar-refractivity contribution < 1.29 is 13.6 Å². The minimum absolute atomic E-state index is 0.0359. The highest BCUT2D eigenvalue weighted by Crippen LogP contribution is 2.63. The first-order chi connectivity index (χ1) is 5.74. The first-order valence-corrected chi connectivity index (χ1v) is 6.26. The minimum atomic E-state index is -2.91. The molecule has 0 saturated carbocycles. The third kappa shape index (κ3) is 2.34. The molecular formula is C9H19O3P. The highest BCUT2D eigenvalue weighted by molar-refractivity contribution is 7.55. The summed E-state index contributed by atoms with van der Waals surface area (Å²) in [5.41, 5.74) is 0. The van der Waals surface area contributed by atoms with Crippen molar-refractivity contribution in [2.45, 2.75) is 58.4 Å². The van der Waals surface area contributed by atoms with Gasteiger partial charge < -0.3 is 9.05 Å². The summed E-state index contributed by atoms with van der Waals surface area (Å²) in [6.07, 6.45) is 0.891. The Morgan fingerprint density at radius 1 is 1.15 bits per heavy atom. The molecule has 2 unspecified atom stereocenters. The average Bonchev–Trinajstić information content (AvgIpc) is 1.79. The zero-order chi connectivity index (χ0) is 10.3. The van der Waals surface area contributed by atoms with Crippen LogP contribution in [0.15, 0.2) is 0 Å². The number of hydrogen-bond acceptors (Lipinski definition) is 3. The fourth-order valence-corrected chi connectivity index (χ4v) is 3.17. The van der Waals surface area contributed by atoms with Crippen molar-refractivity contribution in [3.63, 3.8) is 0 Å². The highest BCUT2D eigenvalue weighted by Gasteiger charge is 2.45. The van der Waals surface area contributed by atoms with Crippen molar-refractivity contribution in [1.29, 1.82) is 0 Å². The van der Waals surface area contributed by atoms with Crippen molar-refractivity contribution in [3.8, 4) is 0 Å². The molecule has 13 heavy (non-hydrogen) atoms. The quantitative estimate of drug-likeness (QED) is 0.571. The predicted molar refractivity (Wildman–Crippen MR) is 53.1 cm³/mol. The SMILES string of the molecule is CC1CC(C)OP(=O)(C(C)(C)C)O1. The lowest BCUT2D eigenvalue weighted by atomic mass is 10.2. The van der Waals surface area contributed by atoms with Gasteiger partial charge in [0.15, 0.2) is 0 Å². The third-order valence-electron chi connectivity index (χ3n) is 2.12. The molecule has 1 aliphatic heterocycles. The van der Waals surface area contributed by atoms with Crippen molar-refractivity contribution in [3.05, 3.63) is 0 Å². The monoisotopic (exact) mass is 206 g/mol. The zero-order valence-electron chi connectivity index (χ0n) is 9.03. The molecule has 0 amide bonds. The maximum absolute atomic E-state index is 12.2. The molecule has 0 aromatic heterocycles. The van der Waals surface area contributed by atoms with E-state index in [1.54, 1.807) is 0 Å². The molecule has 1 saturated heterocycles. The molecule has 1 rings (SSSR count). The Morgan fingerprint density at radius 3 is 1.85 bits per heavy atom. The van der Waals surface area contributed by atoms with Gasteiger partial charge in [0.1, 0.15) is 0 Å². The topological polar surface area (TPSA) is 35.5 Å². The van der Waals surface area contributed by atoms with Crippen molar-refractivity contribution in [2.24, 2.45) is 0 Å². The Bertz CT molecular complexity index is 218. The molecule has 0 aliphatic carbocycles.